The summed E-state index contributed by atoms with van der Waals surface area (Å²) < 4.78 is 0. The van der Waals surface area contributed by atoms with E-state index in [1.165, 1.54) is 0 Å². The van der Waals surface area contributed by atoms with Gasteiger partial charge in [0.1, 0.15) is 0 Å². The van der Waals surface area contributed by atoms with E-state index < -0.39 is 0 Å². The minimum Gasteiger partial charge on any atom is -0.264 e. The van der Waals surface area contributed by atoms with Gasteiger partial charge in [0.15, 0.2) is 0 Å². The van der Waals surface area contributed by atoms with Crippen molar-refractivity contribution in [3.63, 3.8) is 0 Å². The molecule has 2 aliphatic carbocycles. The van der Waals surface area contributed by atoms with E-state index in [1.807, 2.05) is 18.7 Å². The van der Waals surface area contributed by atoms with Crippen LogP contribution in [0.1, 0.15) is 51.9 Å². The van der Waals surface area contributed by atoms with E-state index in [0.29, 0.717) is 29.8 Å². The van der Waals surface area contributed by atoms with Gasteiger partial charge < -0.3 is 0 Å². The molecule has 0 unspecified atom stereocenters. The fourth-order valence-corrected chi connectivity index (χ4v) is 5.21. The van der Waals surface area contributed by atoms with E-state index in [9.17, 15) is 20.2 Å². The fraction of sp³-hybridized carbons (Fsp3) is 1.00. The molecule has 3 atom stereocenters. The van der Waals surface area contributed by atoms with E-state index in [4.69, 9.17) is 0 Å². The van der Waals surface area contributed by atoms with Gasteiger partial charge in [-0.3, -0.25) is 20.2 Å². The van der Waals surface area contributed by atoms with Gasteiger partial charge in [-0.25, -0.2) is 0 Å². The fourth-order valence-electron chi connectivity index (χ4n) is 3.43. The smallest absolute Gasteiger partial charge is 0.215 e. The van der Waals surface area contributed by atoms with Crippen molar-refractivity contribution in [1.82, 2.24) is 0 Å². The molecule has 0 aromatic carbocycles. The molecule has 2 saturated carbocycles. The second-order valence-corrected chi connectivity index (χ2v) is 7.72. The van der Waals surface area contributed by atoms with Crippen LogP contribution < -0.4 is 0 Å². The molecule has 2 aliphatic rings. The zero-order chi connectivity index (χ0) is 14.7. The van der Waals surface area contributed by atoms with E-state index in [0.717, 1.165) is 25.7 Å². The SMILES string of the molecule is C[C@@H]1C[C@@H](SC2CCC([N+](=O)[O-])CC2)CC[C@@H]1[N+](=O)[O-]. The van der Waals surface area contributed by atoms with Crippen molar-refractivity contribution in [2.45, 2.75) is 74.5 Å². The summed E-state index contributed by atoms with van der Waals surface area (Å²) in [6.45, 7) is 1.98. The summed E-state index contributed by atoms with van der Waals surface area (Å²) in [7, 11) is 0. The molecule has 0 N–H and O–H groups in total. The molecule has 114 valence electrons. The Morgan fingerprint density at radius 3 is 2.00 bits per heavy atom. The van der Waals surface area contributed by atoms with Crippen LogP contribution in [-0.4, -0.2) is 32.4 Å². The van der Waals surface area contributed by atoms with Crippen molar-refractivity contribution in [3.05, 3.63) is 20.2 Å². The lowest BCUT2D eigenvalue weighted by atomic mass is 9.86. The third-order valence-corrected chi connectivity index (χ3v) is 6.34. The molecule has 0 spiro atoms. The molecule has 0 bridgehead atoms. The van der Waals surface area contributed by atoms with Crippen LogP contribution in [0.4, 0.5) is 0 Å². The van der Waals surface area contributed by atoms with Gasteiger partial charge in [-0.1, -0.05) is 6.92 Å². The molecule has 0 heterocycles. The minimum absolute atomic E-state index is 0.131. The Morgan fingerprint density at radius 2 is 1.50 bits per heavy atom. The van der Waals surface area contributed by atoms with E-state index in [1.54, 1.807) is 0 Å². The first-order chi connectivity index (χ1) is 9.47. The topological polar surface area (TPSA) is 86.3 Å². The van der Waals surface area contributed by atoms with Crippen LogP contribution in [0, 0.1) is 26.1 Å². The van der Waals surface area contributed by atoms with Crippen molar-refractivity contribution in [2.24, 2.45) is 5.92 Å². The van der Waals surface area contributed by atoms with Crippen LogP contribution in [0.3, 0.4) is 0 Å². The monoisotopic (exact) mass is 302 g/mol. The normalized spacial score (nSPS) is 38.4. The van der Waals surface area contributed by atoms with E-state index in [2.05, 4.69) is 0 Å². The average Bonchev–Trinajstić information content (AvgIpc) is 2.39. The molecule has 20 heavy (non-hydrogen) atoms. The maximum absolute atomic E-state index is 10.9. The Bertz CT molecular complexity index is 371. The minimum atomic E-state index is -0.378. The lowest BCUT2D eigenvalue weighted by Gasteiger charge is -2.32. The summed E-state index contributed by atoms with van der Waals surface area (Å²) in [6, 6.07) is -0.729. The van der Waals surface area contributed by atoms with E-state index in [-0.39, 0.29) is 27.8 Å². The molecule has 0 aliphatic heterocycles. The second kappa shape index (κ2) is 6.74. The molecule has 0 radical (unpaired) electrons. The number of hydrogen-bond acceptors (Lipinski definition) is 5. The van der Waals surface area contributed by atoms with Gasteiger partial charge in [0, 0.05) is 45.5 Å². The van der Waals surface area contributed by atoms with Gasteiger partial charge in [-0.15, -0.1) is 0 Å². The molecular weight excluding hydrogens is 280 g/mol. The number of rotatable bonds is 4. The third-order valence-electron chi connectivity index (χ3n) is 4.67. The van der Waals surface area contributed by atoms with Gasteiger partial charge >= 0.3 is 0 Å². The molecule has 0 saturated heterocycles. The summed E-state index contributed by atoms with van der Waals surface area (Å²) in [5.74, 6) is 0.145. The van der Waals surface area contributed by atoms with Crippen LogP contribution in [0.25, 0.3) is 0 Å². The van der Waals surface area contributed by atoms with Gasteiger partial charge in [0.2, 0.25) is 12.1 Å². The molecular formula is C13H22N2O4S. The number of nitrogens with zero attached hydrogens (tertiary/aromatic N) is 2. The van der Waals surface area contributed by atoms with Crippen molar-refractivity contribution < 1.29 is 9.85 Å². The standard InChI is InChI=1S/C13H22N2O4S/c1-9-8-12(6-7-13(9)15(18)19)20-11-4-2-10(3-5-11)14(16)17/h9-13H,2-8H2,1H3/t9-,10?,11?,12+,13+/m1/s1. The predicted molar refractivity (Wildman–Crippen MR) is 78.2 cm³/mol. The summed E-state index contributed by atoms with van der Waals surface area (Å²) >= 11 is 1.93. The molecule has 0 aromatic heterocycles. The molecule has 2 rings (SSSR count). The molecule has 2 fully saturated rings. The second-order valence-electron chi connectivity index (χ2n) is 6.12. The van der Waals surface area contributed by atoms with Crippen LogP contribution in [0.15, 0.2) is 0 Å². The van der Waals surface area contributed by atoms with Crippen LogP contribution in [0.2, 0.25) is 0 Å². The first kappa shape index (κ1) is 15.5. The Morgan fingerprint density at radius 1 is 0.900 bits per heavy atom. The first-order valence-corrected chi connectivity index (χ1v) is 8.34. The Hall–Kier alpha value is -0.850. The van der Waals surface area contributed by atoms with Crippen molar-refractivity contribution in [1.29, 1.82) is 0 Å². The van der Waals surface area contributed by atoms with Crippen molar-refractivity contribution in [2.75, 3.05) is 0 Å². The lowest BCUT2D eigenvalue weighted by Crippen LogP contribution is -2.35. The van der Waals surface area contributed by atoms with E-state index >= 15 is 0 Å². The average molecular weight is 302 g/mol. The first-order valence-electron chi connectivity index (χ1n) is 7.39. The highest BCUT2D eigenvalue weighted by Crippen LogP contribution is 2.39. The number of thioether (sulfide) groups is 1. The Kier molecular flexibility index (Phi) is 5.23. The molecule has 6 nitrogen and oxygen atoms in total. The maximum Gasteiger partial charge on any atom is 0.215 e. The summed E-state index contributed by atoms with van der Waals surface area (Å²) in [5, 5.41) is 22.6. The summed E-state index contributed by atoms with van der Waals surface area (Å²) in [5.41, 5.74) is 0. The zero-order valence-corrected chi connectivity index (χ0v) is 12.6. The maximum atomic E-state index is 10.9. The van der Waals surface area contributed by atoms with Crippen LogP contribution in [0.5, 0.6) is 0 Å². The van der Waals surface area contributed by atoms with Gasteiger partial charge in [-0.2, -0.15) is 11.8 Å². The quantitative estimate of drug-likeness (QED) is 0.588. The number of nitro groups is 2. The highest BCUT2D eigenvalue weighted by atomic mass is 32.2. The molecule has 0 aromatic rings. The highest BCUT2D eigenvalue weighted by molar-refractivity contribution is 8.00. The predicted octanol–water partition coefficient (Wildman–Crippen LogP) is 3.14. The van der Waals surface area contributed by atoms with Gasteiger partial charge in [-0.05, 0) is 25.7 Å². The summed E-state index contributed by atoms with van der Waals surface area (Å²) in [4.78, 5) is 21.3. The molecule has 7 heteroatoms. The lowest BCUT2D eigenvalue weighted by molar-refractivity contribution is -0.534. The summed E-state index contributed by atoms with van der Waals surface area (Å²) in [6.07, 6.45) is 5.70. The van der Waals surface area contributed by atoms with Crippen LogP contribution in [-0.2, 0) is 0 Å². The van der Waals surface area contributed by atoms with Gasteiger partial charge in [0.25, 0.3) is 0 Å². The zero-order valence-electron chi connectivity index (χ0n) is 11.8. The van der Waals surface area contributed by atoms with Crippen molar-refractivity contribution in [3.8, 4) is 0 Å². The number of hydrogen-bond donors (Lipinski definition) is 0. The highest BCUT2D eigenvalue weighted by Gasteiger charge is 2.37. The largest absolute Gasteiger partial charge is 0.264 e. The Labute approximate surface area is 123 Å². The third kappa shape index (κ3) is 3.84. The van der Waals surface area contributed by atoms with Crippen LogP contribution >= 0.6 is 11.8 Å². The van der Waals surface area contributed by atoms with Crippen molar-refractivity contribution >= 4 is 11.8 Å². The molecule has 0 amide bonds. The van der Waals surface area contributed by atoms with Gasteiger partial charge in [0.05, 0.1) is 0 Å². The Balaban J connectivity index is 1.76.